The number of hydrogen-bond acceptors (Lipinski definition) is 1. The van der Waals surface area contributed by atoms with Gasteiger partial charge in [-0.25, -0.2) is 0 Å². The molecule has 2 unspecified atom stereocenters. The van der Waals surface area contributed by atoms with Gasteiger partial charge in [0.05, 0.1) is 5.69 Å². The molecule has 8 aromatic carbocycles. The summed E-state index contributed by atoms with van der Waals surface area (Å²) >= 11 is 0. The van der Waals surface area contributed by atoms with Gasteiger partial charge in [0.2, 0.25) is 6.71 Å². The Morgan fingerprint density at radius 3 is 1.55 bits per heavy atom. The van der Waals surface area contributed by atoms with Gasteiger partial charge >= 0.3 is 0 Å². The van der Waals surface area contributed by atoms with Crippen LogP contribution < -0.4 is 21.3 Å². The quantitative estimate of drug-likeness (QED) is 0.131. The first-order valence-corrected chi connectivity index (χ1v) is 23.9. The van der Waals surface area contributed by atoms with Crippen molar-refractivity contribution in [3.63, 3.8) is 0 Å². The van der Waals surface area contributed by atoms with Crippen molar-refractivity contribution in [3.8, 4) is 11.1 Å². The van der Waals surface area contributed by atoms with Crippen molar-refractivity contribution in [2.45, 2.75) is 90.9 Å². The van der Waals surface area contributed by atoms with Crippen LogP contribution in [0.3, 0.4) is 0 Å². The van der Waals surface area contributed by atoms with Gasteiger partial charge in [-0.1, -0.05) is 189 Å². The number of para-hydroxylation sites is 1. The first-order valence-electron chi connectivity index (χ1n) is 23.9. The molecule has 0 saturated heterocycles. The standard InChI is InChI=1S/C62H60BN/c1-41-30-43(3)59(44(4)31-41)63(60-45(5)32-42(2)33-46(60)6)54-17-12-16-51(35-54)49-22-24-52(25-23-49)61-36-47-34-48(37-61)39-62(38-47,40-61)53-26-28-56(29-27-53)64(55-18-8-7-9-19-55)58-21-13-15-50-14-10-11-20-57(50)58/h7-33,35,47-48H,34,36-40H2,1-6H3. The molecule has 0 aromatic heterocycles. The minimum atomic E-state index is 0.164. The molecule has 2 atom stereocenters. The lowest BCUT2D eigenvalue weighted by atomic mass is 9.34. The Labute approximate surface area is 382 Å². The fourth-order valence-electron chi connectivity index (χ4n) is 14.0. The minimum absolute atomic E-state index is 0.164. The molecule has 8 aromatic rings. The molecule has 0 heterocycles. The minimum Gasteiger partial charge on any atom is -0.310 e. The number of rotatable bonds is 9. The Balaban J connectivity index is 0.915. The zero-order valence-electron chi connectivity index (χ0n) is 38.6. The van der Waals surface area contributed by atoms with Crippen LogP contribution in [0.25, 0.3) is 21.9 Å². The van der Waals surface area contributed by atoms with Crippen LogP contribution in [0.15, 0.2) is 170 Å². The van der Waals surface area contributed by atoms with Crippen molar-refractivity contribution in [1.82, 2.24) is 0 Å². The van der Waals surface area contributed by atoms with Gasteiger partial charge in [0.25, 0.3) is 0 Å². The highest BCUT2D eigenvalue weighted by atomic mass is 15.1. The zero-order valence-corrected chi connectivity index (χ0v) is 38.6. The smallest absolute Gasteiger partial charge is 0.242 e. The second kappa shape index (κ2) is 15.8. The number of hydrogen-bond donors (Lipinski definition) is 0. The summed E-state index contributed by atoms with van der Waals surface area (Å²) in [5, 5.41) is 2.53. The van der Waals surface area contributed by atoms with Gasteiger partial charge in [-0.2, -0.15) is 0 Å². The summed E-state index contributed by atoms with van der Waals surface area (Å²) in [5.41, 5.74) is 22.2. The summed E-state index contributed by atoms with van der Waals surface area (Å²) in [7, 11) is 0. The van der Waals surface area contributed by atoms with Crippen LogP contribution in [-0.4, -0.2) is 6.71 Å². The third kappa shape index (κ3) is 7.02. The maximum Gasteiger partial charge on any atom is 0.242 e. The Kier molecular flexibility index (Phi) is 10.1. The van der Waals surface area contributed by atoms with Crippen LogP contribution in [0, 0.1) is 53.4 Å². The lowest BCUT2D eigenvalue weighted by Crippen LogP contribution is -2.56. The highest BCUT2D eigenvalue weighted by Crippen LogP contribution is 2.66. The molecular formula is C62H60BN. The maximum absolute atomic E-state index is 2.52. The number of fused-ring (bicyclic) bond motifs is 1. The van der Waals surface area contributed by atoms with Gasteiger partial charge in [0, 0.05) is 16.8 Å². The van der Waals surface area contributed by atoms with Crippen LogP contribution >= 0.6 is 0 Å². The molecule has 0 amide bonds. The highest BCUT2D eigenvalue weighted by molar-refractivity contribution is 6.96. The Morgan fingerprint density at radius 1 is 0.453 bits per heavy atom. The summed E-state index contributed by atoms with van der Waals surface area (Å²) < 4.78 is 0. The Morgan fingerprint density at radius 2 is 0.953 bits per heavy atom. The maximum atomic E-state index is 2.52. The first-order chi connectivity index (χ1) is 31.1. The second-order valence-corrected chi connectivity index (χ2v) is 20.5. The van der Waals surface area contributed by atoms with E-state index in [0.29, 0.717) is 0 Å². The SMILES string of the molecule is Cc1cc(C)c(B(c2cccc(-c3ccc(C45CC6CC(C4)CC(c4ccc(N(c7ccccc7)c7cccc8ccccc78)cc4)(C6)C5)cc3)c2)c2c(C)cc(C)cc2C)c(C)c1. The molecule has 0 N–H and O–H groups in total. The molecule has 0 spiro atoms. The molecule has 0 aliphatic heterocycles. The molecule has 12 rings (SSSR count). The van der Waals surface area contributed by atoms with Crippen LogP contribution in [0.5, 0.6) is 0 Å². The van der Waals surface area contributed by atoms with E-state index >= 15 is 0 Å². The number of benzene rings is 8. The van der Waals surface area contributed by atoms with Gasteiger partial charge in [0.1, 0.15) is 0 Å². The highest BCUT2D eigenvalue weighted by Gasteiger charge is 2.58. The van der Waals surface area contributed by atoms with E-state index in [9.17, 15) is 0 Å². The summed E-state index contributed by atoms with van der Waals surface area (Å²) in [6.07, 6.45) is 7.94. The molecule has 2 heteroatoms. The van der Waals surface area contributed by atoms with E-state index in [2.05, 4.69) is 216 Å². The summed E-state index contributed by atoms with van der Waals surface area (Å²) in [6, 6.07) is 65.0. The molecule has 64 heavy (non-hydrogen) atoms. The van der Waals surface area contributed by atoms with Crippen LogP contribution in [-0.2, 0) is 10.8 Å². The Hall–Kier alpha value is -6.12. The third-order valence-corrected chi connectivity index (χ3v) is 15.9. The summed E-state index contributed by atoms with van der Waals surface area (Å²) in [6.45, 7) is 13.8. The number of aryl methyl sites for hydroxylation is 6. The van der Waals surface area contributed by atoms with Crippen LogP contribution in [0.1, 0.15) is 83.0 Å². The molecule has 4 bridgehead atoms. The van der Waals surface area contributed by atoms with Crippen molar-refractivity contribution in [2.75, 3.05) is 4.90 Å². The lowest BCUT2D eigenvalue weighted by molar-refractivity contribution is -0.0281. The molecule has 4 aliphatic carbocycles. The molecule has 0 radical (unpaired) electrons. The number of nitrogens with zero attached hydrogens (tertiary/aromatic N) is 1. The van der Waals surface area contributed by atoms with Gasteiger partial charge < -0.3 is 4.90 Å². The van der Waals surface area contributed by atoms with E-state index in [-0.39, 0.29) is 17.5 Å². The van der Waals surface area contributed by atoms with Crippen molar-refractivity contribution in [2.24, 2.45) is 11.8 Å². The largest absolute Gasteiger partial charge is 0.310 e. The van der Waals surface area contributed by atoms with Gasteiger partial charge in [0.15, 0.2) is 0 Å². The summed E-state index contributed by atoms with van der Waals surface area (Å²) in [5.74, 6) is 1.57. The fraction of sp³-hybridized carbons (Fsp3) is 0.258. The van der Waals surface area contributed by atoms with E-state index in [1.807, 2.05) is 0 Å². The third-order valence-electron chi connectivity index (χ3n) is 15.9. The molecule has 1 nitrogen and oxygen atoms in total. The molecular weight excluding hydrogens is 770 g/mol. The van der Waals surface area contributed by atoms with Gasteiger partial charge in [-0.15, -0.1) is 0 Å². The second-order valence-electron chi connectivity index (χ2n) is 20.5. The van der Waals surface area contributed by atoms with E-state index in [1.54, 1.807) is 11.1 Å². The number of anilines is 3. The normalized spacial score (nSPS) is 21.0. The van der Waals surface area contributed by atoms with E-state index < -0.39 is 0 Å². The predicted octanol–water partition coefficient (Wildman–Crippen LogP) is 14.1. The molecule has 316 valence electrons. The zero-order chi connectivity index (χ0) is 43.7. The van der Waals surface area contributed by atoms with Crippen molar-refractivity contribution in [3.05, 3.63) is 214 Å². The van der Waals surface area contributed by atoms with E-state index in [0.717, 1.165) is 11.8 Å². The van der Waals surface area contributed by atoms with Crippen molar-refractivity contribution >= 4 is 50.9 Å². The average Bonchev–Trinajstić information content (AvgIpc) is 3.28. The topological polar surface area (TPSA) is 3.24 Å². The predicted molar refractivity (Wildman–Crippen MR) is 275 cm³/mol. The summed E-state index contributed by atoms with van der Waals surface area (Å²) in [4.78, 5) is 2.44. The Bertz CT molecular complexity index is 2910. The van der Waals surface area contributed by atoms with Crippen molar-refractivity contribution < 1.29 is 0 Å². The van der Waals surface area contributed by atoms with E-state index in [4.69, 9.17) is 0 Å². The first kappa shape index (κ1) is 40.6. The molecule has 4 aliphatic rings. The van der Waals surface area contributed by atoms with Crippen molar-refractivity contribution in [1.29, 1.82) is 0 Å². The van der Waals surface area contributed by atoms with Gasteiger partial charge in [-0.05, 0) is 161 Å². The van der Waals surface area contributed by atoms with E-state index in [1.165, 1.54) is 127 Å². The van der Waals surface area contributed by atoms with Crippen LogP contribution in [0.4, 0.5) is 17.1 Å². The average molecular weight is 830 g/mol. The molecule has 4 fully saturated rings. The van der Waals surface area contributed by atoms with Gasteiger partial charge in [-0.3, -0.25) is 0 Å². The lowest BCUT2D eigenvalue weighted by Gasteiger charge is -2.63. The molecule has 4 saturated carbocycles. The van der Waals surface area contributed by atoms with Crippen LogP contribution in [0.2, 0.25) is 0 Å². The fourth-order valence-corrected chi connectivity index (χ4v) is 14.0. The monoisotopic (exact) mass is 829 g/mol.